The van der Waals surface area contributed by atoms with Gasteiger partial charge in [0.15, 0.2) is 10.4 Å². The third-order valence-corrected chi connectivity index (χ3v) is 4.60. The first kappa shape index (κ1) is 12.0. The van der Waals surface area contributed by atoms with Gasteiger partial charge in [-0.15, -0.1) is 0 Å². The van der Waals surface area contributed by atoms with Gasteiger partial charge >= 0.3 is 0 Å². The van der Waals surface area contributed by atoms with Gasteiger partial charge in [-0.3, -0.25) is 4.68 Å². The van der Waals surface area contributed by atoms with E-state index in [1.165, 1.54) is 6.42 Å². The Balaban J connectivity index is 2.08. The number of H-pyrrole nitrogens is 1. The van der Waals surface area contributed by atoms with Crippen LogP contribution in [0.15, 0.2) is 0 Å². The number of fused-ring (bicyclic) bond motifs is 1. The molecule has 1 N–H and O–H groups in total. The quantitative estimate of drug-likeness (QED) is 0.865. The summed E-state index contributed by atoms with van der Waals surface area (Å²) in [6.45, 7) is 7.78. The monoisotopic (exact) mass is 264 g/mol. The summed E-state index contributed by atoms with van der Waals surface area (Å²) in [4.78, 5) is 3.32. The Morgan fingerprint density at radius 3 is 2.72 bits per heavy atom. The zero-order chi connectivity index (χ0) is 13.1. The summed E-state index contributed by atoms with van der Waals surface area (Å²) >= 11 is 5.46. The molecular weight excluding hydrogens is 244 g/mol. The van der Waals surface area contributed by atoms with Gasteiger partial charge in [-0.25, -0.2) is 0 Å². The van der Waals surface area contributed by atoms with Crippen LogP contribution in [-0.4, -0.2) is 19.3 Å². The Kier molecular flexibility index (Phi) is 2.46. The largest absolute Gasteiger partial charge is 0.328 e. The highest BCUT2D eigenvalue weighted by atomic mass is 32.1. The average molecular weight is 264 g/mol. The van der Waals surface area contributed by atoms with Crippen LogP contribution >= 0.6 is 12.2 Å². The summed E-state index contributed by atoms with van der Waals surface area (Å²) in [6.07, 6.45) is 2.22. The Bertz CT molecular complexity index is 658. The summed E-state index contributed by atoms with van der Waals surface area (Å²) in [7, 11) is 2.00. The Morgan fingerprint density at radius 1 is 1.50 bits per heavy atom. The summed E-state index contributed by atoms with van der Waals surface area (Å²) < 4.78 is 5.00. The summed E-state index contributed by atoms with van der Waals surface area (Å²) in [5.74, 6) is 0.739. The summed E-state index contributed by atoms with van der Waals surface area (Å²) in [6, 6.07) is 0. The van der Waals surface area contributed by atoms with Crippen molar-refractivity contribution in [1.29, 1.82) is 0 Å². The summed E-state index contributed by atoms with van der Waals surface area (Å²) in [5, 5.41) is 4.55. The minimum atomic E-state index is 0.477. The highest BCUT2D eigenvalue weighted by Crippen LogP contribution is 2.52. The minimum absolute atomic E-state index is 0.477. The molecule has 98 valence electrons. The van der Waals surface area contributed by atoms with E-state index in [1.54, 1.807) is 0 Å². The zero-order valence-corrected chi connectivity index (χ0v) is 12.3. The molecule has 0 spiro atoms. The molecule has 1 aliphatic rings. The molecule has 18 heavy (non-hydrogen) atoms. The molecule has 2 heterocycles. The van der Waals surface area contributed by atoms with E-state index in [9.17, 15) is 0 Å². The third-order valence-electron chi connectivity index (χ3n) is 4.28. The fraction of sp³-hybridized carbons (Fsp3) is 0.692. The number of hydrogen-bond donors (Lipinski definition) is 1. The lowest BCUT2D eigenvalue weighted by atomic mass is 10.1. The summed E-state index contributed by atoms with van der Waals surface area (Å²) in [5.41, 5.74) is 3.83. The second kappa shape index (κ2) is 3.70. The molecule has 1 atom stereocenters. The normalized spacial score (nSPS) is 21.7. The van der Waals surface area contributed by atoms with E-state index in [-0.39, 0.29) is 0 Å². The lowest BCUT2D eigenvalue weighted by molar-refractivity contribution is 0.497. The fourth-order valence-electron chi connectivity index (χ4n) is 2.80. The first-order chi connectivity index (χ1) is 8.44. The Labute approximate surface area is 112 Å². The smallest absolute Gasteiger partial charge is 0.179 e. The van der Waals surface area contributed by atoms with E-state index in [0.717, 1.165) is 40.5 Å². The van der Waals surface area contributed by atoms with Gasteiger partial charge in [-0.2, -0.15) is 5.10 Å². The van der Waals surface area contributed by atoms with Crippen molar-refractivity contribution in [3.8, 4) is 0 Å². The molecule has 2 aromatic rings. The molecule has 0 aliphatic heterocycles. The SMILES string of the molecule is CCc1nn(C)c2c1[nH]c(=S)n2CC1CC1(C)C. The van der Waals surface area contributed by atoms with Gasteiger partial charge in [-0.1, -0.05) is 20.8 Å². The van der Waals surface area contributed by atoms with Gasteiger partial charge in [0.25, 0.3) is 0 Å². The van der Waals surface area contributed by atoms with Crippen molar-refractivity contribution >= 4 is 23.4 Å². The van der Waals surface area contributed by atoms with Crippen LogP contribution in [0.5, 0.6) is 0 Å². The lowest BCUT2D eigenvalue weighted by Crippen LogP contribution is -2.07. The van der Waals surface area contributed by atoms with Gasteiger partial charge in [0, 0.05) is 13.6 Å². The zero-order valence-electron chi connectivity index (χ0n) is 11.4. The van der Waals surface area contributed by atoms with Crippen LogP contribution in [0.3, 0.4) is 0 Å². The highest BCUT2D eigenvalue weighted by molar-refractivity contribution is 7.71. The highest BCUT2D eigenvalue weighted by Gasteiger charge is 2.45. The molecule has 3 rings (SSSR count). The van der Waals surface area contributed by atoms with Crippen LogP contribution in [-0.2, 0) is 20.0 Å². The van der Waals surface area contributed by atoms with Crippen molar-refractivity contribution in [2.75, 3.05) is 0 Å². The molecule has 0 bridgehead atoms. The number of hydrogen-bond acceptors (Lipinski definition) is 2. The number of rotatable bonds is 3. The molecule has 1 saturated carbocycles. The van der Waals surface area contributed by atoms with Crippen LogP contribution in [0, 0.1) is 16.1 Å². The number of aromatic nitrogens is 4. The van der Waals surface area contributed by atoms with Crippen molar-refractivity contribution in [2.45, 2.75) is 40.2 Å². The van der Waals surface area contributed by atoms with Crippen LogP contribution in [0.2, 0.25) is 0 Å². The van der Waals surface area contributed by atoms with Gasteiger partial charge in [0.1, 0.15) is 5.52 Å². The van der Waals surface area contributed by atoms with E-state index in [2.05, 4.69) is 35.4 Å². The predicted octanol–water partition coefficient (Wildman–Crippen LogP) is 3.04. The number of imidazole rings is 1. The van der Waals surface area contributed by atoms with Crippen molar-refractivity contribution in [1.82, 2.24) is 19.3 Å². The van der Waals surface area contributed by atoms with Crippen molar-refractivity contribution < 1.29 is 0 Å². The number of nitrogens with zero attached hydrogens (tertiary/aromatic N) is 3. The van der Waals surface area contributed by atoms with Gasteiger partial charge < -0.3 is 9.55 Å². The molecule has 1 unspecified atom stereocenters. The maximum Gasteiger partial charge on any atom is 0.179 e. The average Bonchev–Trinajstić information content (AvgIpc) is 2.64. The van der Waals surface area contributed by atoms with E-state index >= 15 is 0 Å². The van der Waals surface area contributed by atoms with Crippen LogP contribution in [0.4, 0.5) is 0 Å². The first-order valence-electron chi connectivity index (χ1n) is 6.58. The first-order valence-corrected chi connectivity index (χ1v) is 6.99. The fourth-order valence-corrected chi connectivity index (χ4v) is 3.07. The molecule has 2 aromatic heterocycles. The number of aromatic amines is 1. The standard InChI is InChI=1S/C13H20N4S/c1-5-9-10-11(16(4)15-9)17(12(18)14-10)7-8-6-13(8,2)3/h8H,5-7H2,1-4H3,(H,14,18). The van der Waals surface area contributed by atoms with E-state index < -0.39 is 0 Å². The Hall–Kier alpha value is -1.10. The van der Waals surface area contributed by atoms with Crippen LogP contribution in [0.1, 0.15) is 32.9 Å². The molecule has 0 aromatic carbocycles. The topological polar surface area (TPSA) is 38.5 Å². The second-order valence-corrected chi connectivity index (χ2v) is 6.44. The van der Waals surface area contributed by atoms with Gasteiger partial charge in [0.05, 0.1) is 5.69 Å². The molecule has 5 heteroatoms. The van der Waals surface area contributed by atoms with Crippen LogP contribution < -0.4 is 0 Å². The van der Waals surface area contributed by atoms with Gasteiger partial charge in [-0.05, 0) is 36.4 Å². The van der Waals surface area contributed by atoms with E-state index in [4.69, 9.17) is 12.2 Å². The van der Waals surface area contributed by atoms with Crippen LogP contribution in [0.25, 0.3) is 11.2 Å². The Morgan fingerprint density at radius 2 is 2.17 bits per heavy atom. The van der Waals surface area contributed by atoms with Crippen molar-refractivity contribution in [3.63, 3.8) is 0 Å². The van der Waals surface area contributed by atoms with E-state index in [0.29, 0.717) is 5.41 Å². The molecule has 1 aliphatic carbocycles. The van der Waals surface area contributed by atoms with Gasteiger partial charge in [0.2, 0.25) is 0 Å². The maximum absolute atomic E-state index is 5.46. The third kappa shape index (κ3) is 1.64. The molecule has 0 amide bonds. The minimum Gasteiger partial charge on any atom is -0.328 e. The van der Waals surface area contributed by atoms with Crippen molar-refractivity contribution in [2.24, 2.45) is 18.4 Å². The molecule has 4 nitrogen and oxygen atoms in total. The van der Waals surface area contributed by atoms with Crippen molar-refractivity contribution in [3.05, 3.63) is 10.5 Å². The lowest BCUT2D eigenvalue weighted by Gasteiger charge is -2.06. The molecule has 0 saturated heterocycles. The van der Waals surface area contributed by atoms with E-state index in [1.807, 2.05) is 11.7 Å². The maximum atomic E-state index is 5.46. The second-order valence-electron chi connectivity index (χ2n) is 6.05. The molecular formula is C13H20N4S. The molecule has 0 radical (unpaired) electrons. The predicted molar refractivity (Wildman–Crippen MR) is 75.2 cm³/mol. The molecule has 1 fully saturated rings. The number of aryl methyl sites for hydroxylation is 2. The number of nitrogens with one attached hydrogen (secondary N) is 1.